The number of hydrogen-bond acceptors (Lipinski definition) is 6. The van der Waals surface area contributed by atoms with E-state index in [1.807, 2.05) is 30.3 Å². The van der Waals surface area contributed by atoms with Crippen LogP contribution in [0.1, 0.15) is 6.93 Å². The Bertz CT molecular complexity index is 429. The quantitative estimate of drug-likeness (QED) is 0.568. The first kappa shape index (κ1) is 13.9. The fourth-order valence-electron chi connectivity index (χ4n) is 2.24. The summed E-state index contributed by atoms with van der Waals surface area (Å²) in [5.41, 5.74) is 0.871. The summed E-state index contributed by atoms with van der Waals surface area (Å²) in [6.45, 7) is -1.98. The van der Waals surface area contributed by atoms with Crippen LogP contribution in [-0.2, 0) is 16.1 Å². The largest absolute Gasteiger partial charge is 0.396 e. The molecule has 0 aromatic heterocycles. The summed E-state index contributed by atoms with van der Waals surface area (Å²) in [4.78, 5) is 0. The molecule has 6 heteroatoms. The highest BCUT2D eigenvalue weighted by atomic mass is 16.6. The van der Waals surface area contributed by atoms with Crippen molar-refractivity contribution in [2.24, 2.45) is 5.92 Å². The molecule has 1 saturated heterocycles. The van der Waals surface area contributed by atoms with E-state index in [9.17, 15) is 20.4 Å². The molecule has 1 aliphatic rings. The molecule has 112 valence electrons. The molecule has 1 aliphatic heterocycles. The summed E-state index contributed by atoms with van der Waals surface area (Å²) in [5.74, 6) is -1.21. The average Bonchev–Trinajstić information content (AvgIpc) is 2.46. The van der Waals surface area contributed by atoms with Crippen molar-refractivity contribution in [3.05, 3.63) is 35.9 Å². The Morgan fingerprint density at radius 1 is 1.20 bits per heavy atom. The van der Waals surface area contributed by atoms with E-state index in [2.05, 4.69) is 0 Å². The monoisotopic (exact) mass is 285 g/mol. The Kier molecular flexibility index (Phi) is 4.96. The minimum atomic E-state index is -1.71. The molecule has 1 fully saturated rings. The molecule has 0 radical (unpaired) electrons. The van der Waals surface area contributed by atoms with Gasteiger partial charge in [-0.3, -0.25) is 0 Å². The Morgan fingerprint density at radius 2 is 1.90 bits per heavy atom. The third-order valence-electron chi connectivity index (χ3n) is 3.38. The smallest absolute Gasteiger partial charge is 0.162 e. The van der Waals surface area contributed by atoms with Gasteiger partial charge in [0.2, 0.25) is 0 Å². The van der Waals surface area contributed by atoms with E-state index < -0.39 is 43.7 Å². The summed E-state index contributed by atoms with van der Waals surface area (Å²) in [7, 11) is 0. The summed E-state index contributed by atoms with van der Waals surface area (Å²) in [6, 6.07) is 9.24. The molecule has 0 amide bonds. The molecule has 0 aliphatic carbocycles. The molecule has 6 atom stereocenters. The normalized spacial score (nSPS) is 36.4. The number of hydrogen-bond donors (Lipinski definition) is 4. The van der Waals surface area contributed by atoms with Gasteiger partial charge in [0.25, 0.3) is 0 Å². The predicted octanol–water partition coefficient (Wildman–Crippen LogP) is -0.749. The van der Waals surface area contributed by atoms with Crippen molar-refractivity contribution in [3.63, 3.8) is 0 Å². The van der Waals surface area contributed by atoms with Crippen molar-refractivity contribution in [2.75, 3.05) is 13.2 Å². The molecule has 1 aromatic carbocycles. The van der Waals surface area contributed by atoms with Crippen LogP contribution in [0.3, 0.4) is 0 Å². The Hall–Kier alpha value is -1.02. The molecule has 4 N–H and O–H groups in total. The van der Waals surface area contributed by atoms with Crippen LogP contribution in [0.2, 0.25) is 0 Å². The van der Waals surface area contributed by atoms with Crippen molar-refractivity contribution in [1.29, 1.82) is 0 Å². The van der Waals surface area contributed by atoms with Gasteiger partial charge in [-0.05, 0) is 5.56 Å². The van der Waals surface area contributed by atoms with Crippen LogP contribution in [0.5, 0.6) is 0 Å². The topological polar surface area (TPSA) is 99.4 Å². The molecular weight excluding hydrogens is 264 g/mol. The van der Waals surface area contributed by atoms with E-state index in [4.69, 9.17) is 10.8 Å². The highest BCUT2D eigenvalue weighted by molar-refractivity contribution is 5.13. The van der Waals surface area contributed by atoms with Gasteiger partial charge in [-0.1, -0.05) is 30.3 Å². The van der Waals surface area contributed by atoms with Gasteiger partial charge in [-0.15, -0.1) is 0 Å². The fourth-order valence-corrected chi connectivity index (χ4v) is 2.24. The zero-order valence-electron chi connectivity index (χ0n) is 11.9. The molecule has 2 rings (SSSR count). The second-order valence-corrected chi connectivity index (χ2v) is 4.73. The van der Waals surface area contributed by atoms with Gasteiger partial charge < -0.3 is 29.9 Å². The molecule has 0 spiro atoms. The maximum absolute atomic E-state index is 10.2. The van der Waals surface area contributed by atoms with Crippen LogP contribution in [0.25, 0.3) is 0 Å². The van der Waals surface area contributed by atoms with Gasteiger partial charge >= 0.3 is 0 Å². The van der Waals surface area contributed by atoms with Gasteiger partial charge in [0, 0.05) is 0 Å². The minimum absolute atomic E-state index is 0.180. The Morgan fingerprint density at radius 3 is 2.50 bits per heavy atom. The number of benzene rings is 1. The number of ether oxygens (including phenoxy) is 2. The molecule has 20 heavy (non-hydrogen) atoms. The van der Waals surface area contributed by atoms with Crippen molar-refractivity contribution in [3.8, 4) is 0 Å². The molecule has 0 saturated carbocycles. The first-order chi connectivity index (χ1) is 10.0. The minimum Gasteiger partial charge on any atom is -0.396 e. The van der Waals surface area contributed by atoms with Crippen molar-refractivity contribution >= 4 is 0 Å². The Labute approximate surface area is 118 Å². The van der Waals surface area contributed by atoms with Gasteiger partial charge in [0.1, 0.15) is 12.2 Å². The second-order valence-electron chi connectivity index (χ2n) is 4.73. The second kappa shape index (κ2) is 7.12. The van der Waals surface area contributed by atoms with E-state index in [-0.39, 0.29) is 6.61 Å². The van der Waals surface area contributed by atoms with Crippen LogP contribution in [0, 0.1) is 5.92 Å². The van der Waals surface area contributed by atoms with Gasteiger partial charge in [-0.25, -0.2) is 0 Å². The lowest BCUT2D eigenvalue weighted by Gasteiger charge is -2.41. The van der Waals surface area contributed by atoms with Gasteiger partial charge in [0.05, 0.1) is 33.2 Å². The molecule has 2 unspecified atom stereocenters. The highest BCUT2D eigenvalue weighted by Crippen LogP contribution is 2.27. The van der Waals surface area contributed by atoms with E-state index >= 15 is 0 Å². The maximum Gasteiger partial charge on any atom is 0.162 e. The van der Waals surface area contributed by atoms with Gasteiger partial charge in [0.15, 0.2) is 6.29 Å². The number of aliphatic hydroxyl groups is 4. The Balaban J connectivity index is 2.06. The first-order valence-electron chi connectivity index (χ1n) is 7.00. The lowest BCUT2D eigenvalue weighted by atomic mass is 9.91. The third kappa shape index (κ3) is 3.35. The van der Waals surface area contributed by atoms with Crippen molar-refractivity contribution in [2.45, 2.75) is 31.2 Å². The van der Waals surface area contributed by atoms with Crippen LogP contribution in [0.15, 0.2) is 30.3 Å². The van der Waals surface area contributed by atoms with Crippen molar-refractivity contribution in [1.82, 2.24) is 0 Å². The van der Waals surface area contributed by atoms with Crippen LogP contribution in [0.4, 0.5) is 0 Å². The summed E-state index contributed by atoms with van der Waals surface area (Å²) in [6.07, 6.45) is -4.71. The predicted molar refractivity (Wildman–Crippen MR) is 69.6 cm³/mol. The van der Waals surface area contributed by atoms with Crippen LogP contribution in [-0.4, -0.2) is 58.2 Å². The van der Waals surface area contributed by atoms with E-state index in [0.29, 0.717) is 0 Å². The van der Waals surface area contributed by atoms with E-state index in [1.165, 1.54) is 0 Å². The van der Waals surface area contributed by atoms with E-state index in [0.717, 1.165) is 5.56 Å². The first-order valence-corrected chi connectivity index (χ1v) is 6.43. The molecular formula is C14H20O6. The summed E-state index contributed by atoms with van der Waals surface area (Å²) >= 11 is 0. The highest BCUT2D eigenvalue weighted by Gasteiger charge is 2.44. The van der Waals surface area contributed by atoms with Crippen molar-refractivity contribution < 1.29 is 31.3 Å². The number of aliphatic hydroxyl groups excluding tert-OH is 4. The molecule has 0 bridgehead atoms. The third-order valence-corrected chi connectivity index (χ3v) is 3.38. The van der Waals surface area contributed by atoms with Crippen LogP contribution >= 0.6 is 0 Å². The summed E-state index contributed by atoms with van der Waals surface area (Å²) < 4.78 is 18.0. The van der Waals surface area contributed by atoms with Gasteiger partial charge in [-0.2, -0.15) is 0 Å². The standard InChI is InChI=1S/C14H20O6/c15-6-10-12(17)13(11(7-16)20-14(10)18)19-8-9-4-2-1-3-5-9/h1-5,10-18H,6-8H2/t10-,11-,12-,13-,14?/m1/s1/i6D/t6?,10-,11-,12-,13-,14?. The lowest BCUT2D eigenvalue weighted by Crippen LogP contribution is -2.57. The number of rotatable bonds is 5. The average molecular weight is 285 g/mol. The zero-order chi connectivity index (χ0) is 15.4. The van der Waals surface area contributed by atoms with E-state index in [1.54, 1.807) is 0 Å². The van der Waals surface area contributed by atoms with Crippen LogP contribution < -0.4 is 0 Å². The zero-order valence-corrected chi connectivity index (χ0v) is 10.9. The lowest BCUT2D eigenvalue weighted by molar-refractivity contribution is -0.285. The molecule has 6 nitrogen and oxygen atoms in total. The molecule has 1 aromatic rings. The maximum atomic E-state index is 10.2. The summed E-state index contributed by atoms with van der Waals surface area (Å²) in [5, 5.41) is 38.5. The fraction of sp³-hybridized carbons (Fsp3) is 0.571. The molecule has 1 heterocycles. The SMILES string of the molecule is [2H]C(O)[C@H]1C(O)O[C@H](CO)[C@@H](OCc2ccccc2)[C@@H]1O.